The van der Waals surface area contributed by atoms with Crippen molar-refractivity contribution in [2.24, 2.45) is 0 Å². The summed E-state index contributed by atoms with van der Waals surface area (Å²) in [6.07, 6.45) is 0. The van der Waals surface area contributed by atoms with E-state index in [2.05, 4.69) is 16.7 Å². The molecule has 0 radical (unpaired) electrons. The molecule has 6 heteroatoms. The molecule has 0 aliphatic rings. The Morgan fingerprint density at radius 3 is 2.38 bits per heavy atom. The summed E-state index contributed by atoms with van der Waals surface area (Å²) in [6, 6.07) is 11.6. The van der Waals surface area contributed by atoms with Gasteiger partial charge in [0.25, 0.3) is 5.91 Å². The fraction of sp³-hybridized carbons (Fsp3) is 0.391. The summed E-state index contributed by atoms with van der Waals surface area (Å²) in [5.74, 6) is 0.419. The first-order valence-electron chi connectivity index (χ1n) is 9.82. The van der Waals surface area contributed by atoms with Crippen LogP contribution in [-0.4, -0.2) is 38.6 Å². The van der Waals surface area contributed by atoms with Crippen LogP contribution in [0.4, 0.5) is 5.69 Å². The van der Waals surface area contributed by atoms with Crippen LogP contribution in [-0.2, 0) is 16.1 Å². The van der Waals surface area contributed by atoms with E-state index in [9.17, 15) is 9.59 Å². The topological polar surface area (TPSA) is 71.9 Å². The van der Waals surface area contributed by atoms with Gasteiger partial charge < -0.3 is 20.3 Å². The van der Waals surface area contributed by atoms with E-state index in [0.717, 1.165) is 38.6 Å². The van der Waals surface area contributed by atoms with E-state index < -0.39 is 0 Å². The van der Waals surface area contributed by atoms with Gasteiger partial charge in [0.1, 0.15) is 12.3 Å². The van der Waals surface area contributed by atoms with Crippen LogP contribution >= 0.6 is 0 Å². The van der Waals surface area contributed by atoms with Crippen LogP contribution in [0.5, 0.6) is 5.75 Å². The summed E-state index contributed by atoms with van der Waals surface area (Å²) in [4.78, 5) is 25.8. The molecule has 2 amide bonds. The number of carbonyl (C=O) groups is 2. The molecule has 156 valence electrons. The van der Waals surface area contributed by atoms with E-state index >= 15 is 0 Å². The lowest BCUT2D eigenvalue weighted by atomic mass is 10.1. The number of benzene rings is 2. The molecule has 0 saturated carbocycles. The SMILES string of the molecule is COc1ccc(C)cc1C[NH+](C)[C@H](C)C(=O)NCC(=O)Nc1c(C)cccc1C. The van der Waals surface area contributed by atoms with Crippen LogP contribution in [0, 0.1) is 20.8 Å². The Hall–Kier alpha value is -2.86. The van der Waals surface area contributed by atoms with Gasteiger partial charge in [-0.3, -0.25) is 9.59 Å². The van der Waals surface area contributed by atoms with Crippen molar-refractivity contribution < 1.29 is 19.2 Å². The third-order valence-corrected chi connectivity index (χ3v) is 5.21. The third kappa shape index (κ3) is 6.06. The maximum absolute atomic E-state index is 12.5. The lowest BCUT2D eigenvalue weighted by molar-refractivity contribution is -0.908. The summed E-state index contributed by atoms with van der Waals surface area (Å²) >= 11 is 0. The van der Waals surface area contributed by atoms with Crippen LogP contribution in [0.15, 0.2) is 36.4 Å². The molecular formula is C23H32N3O3+. The van der Waals surface area contributed by atoms with E-state index in [4.69, 9.17) is 4.74 Å². The second-order valence-electron chi connectivity index (χ2n) is 7.59. The zero-order valence-electron chi connectivity index (χ0n) is 18.2. The second-order valence-corrected chi connectivity index (χ2v) is 7.59. The number of quaternary nitrogens is 1. The quantitative estimate of drug-likeness (QED) is 0.635. The highest BCUT2D eigenvalue weighted by Crippen LogP contribution is 2.19. The number of hydrogen-bond acceptors (Lipinski definition) is 3. The van der Waals surface area contributed by atoms with Gasteiger partial charge >= 0.3 is 0 Å². The Morgan fingerprint density at radius 1 is 1.10 bits per heavy atom. The first-order chi connectivity index (χ1) is 13.7. The number of nitrogens with one attached hydrogen (secondary N) is 3. The Bertz CT molecular complexity index is 859. The highest BCUT2D eigenvalue weighted by molar-refractivity contribution is 5.96. The average molecular weight is 399 g/mol. The number of methoxy groups -OCH3 is 1. The van der Waals surface area contributed by atoms with Crippen molar-refractivity contribution >= 4 is 17.5 Å². The minimum atomic E-state index is -0.312. The van der Waals surface area contributed by atoms with Crippen LogP contribution in [0.2, 0.25) is 0 Å². The van der Waals surface area contributed by atoms with E-state index in [1.807, 2.05) is 65.1 Å². The number of hydrogen-bond donors (Lipinski definition) is 3. The Kier molecular flexibility index (Phi) is 7.79. The minimum Gasteiger partial charge on any atom is -0.496 e. The fourth-order valence-corrected chi connectivity index (χ4v) is 3.24. The molecule has 2 rings (SSSR count). The summed E-state index contributed by atoms with van der Waals surface area (Å²) in [5.41, 5.74) is 4.99. The third-order valence-electron chi connectivity index (χ3n) is 5.21. The zero-order valence-corrected chi connectivity index (χ0v) is 18.2. The van der Waals surface area contributed by atoms with Gasteiger partial charge in [-0.2, -0.15) is 0 Å². The van der Waals surface area contributed by atoms with Crippen LogP contribution in [0.25, 0.3) is 0 Å². The number of amides is 2. The fourth-order valence-electron chi connectivity index (χ4n) is 3.24. The maximum Gasteiger partial charge on any atom is 0.278 e. The largest absolute Gasteiger partial charge is 0.496 e. The predicted octanol–water partition coefficient (Wildman–Crippen LogP) is 1.78. The number of rotatable bonds is 8. The van der Waals surface area contributed by atoms with Crippen molar-refractivity contribution in [1.29, 1.82) is 0 Å². The molecule has 0 spiro atoms. The Morgan fingerprint density at radius 2 is 1.76 bits per heavy atom. The summed E-state index contributed by atoms with van der Waals surface area (Å²) in [5, 5.41) is 5.63. The van der Waals surface area contributed by atoms with Crippen molar-refractivity contribution in [3.8, 4) is 5.75 Å². The molecule has 0 saturated heterocycles. The molecule has 1 unspecified atom stereocenters. The molecule has 2 aromatic carbocycles. The molecule has 2 atom stereocenters. The summed E-state index contributed by atoms with van der Waals surface area (Å²) in [7, 11) is 3.61. The minimum absolute atomic E-state index is 0.0575. The van der Waals surface area contributed by atoms with E-state index in [1.54, 1.807) is 7.11 Å². The lowest BCUT2D eigenvalue weighted by Gasteiger charge is -2.22. The van der Waals surface area contributed by atoms with Gasteiger partial charge in [0.05, 0.1) is 20.7 Å². The number of likely N-dealkylation sites (N-methyl/N-ethyl adjacent to an activating group) is 1. The molecule has 3 N–H and O–H groups in total. The smallest absolute Gasteiger partial charge is 0.278 e. The number of carbonyl (C=O) groups excluding carboxylic acids is 2. The number of anilines is 1. The van der Waals surface area contributed by atoms with Gasteiger partial charge in [0.2, 0.25) is 5.91 Å². The van der Waals surface area contributed by atoms with Gasteiger partial charge in [-0.25, -0.2) is 0 Å². The molecule has 29 heavy (non-hydrogen) atoms. The van der Waals surface area contributed by atoms with Crippen LogP contribution in [0.1, 0.15) is 29.2 Å². The van der Waals surface area contributed by atoms with Gasteiger partial charge in [0.15, 0.2) is 6.04 Å². The summed E-state index contributed by atoms with van der Waals surface area (Å²) < 4.78 is 5.43. The Labute approximate surface area is 173 Å². The highest BCUT2D eigenvalue weighted by Gasteiger charge is 2.23. The van der Waals surface area contributed by atoms with Crippen LogP contribution in [0.3, 0.4) is 0 Å². The molecule has 0 aliphatic carbocycles. The molecule has 0 heterocycles. The van der Waals surface area contributed by atoms with E-state index in [1.165, 1.54) is 0 Å². The van der Waals surface area contributed by atoms with Gasteiger partial charge in [0, 0.05) is 11.3 Å². The number of ether oxygens (including phenoxy) is 1. The van der Waals surface area contributed by atoms with Crippen molar-refractivity contribution in [2.45, 2.75) is 40.3 Å². The molecule has 0 aliphatic heterocycles. The first kappa shape index (κ1) is 22.4. The average Bonchev–Trinajstić information content (AvgIpc) is 2.68. The van der Waals surface area contributed by atoms with Crippen LogP contribution < -0.4 is 20.3 Å². The monoisotopic (exact) mass is 398 g/mol. The van der Waals surface area contributed by atoms with Crippen molar-refractivity contribution in [3.05, 3.63) is 58.7 Å². The lowest BCUT2D eigenvalue weighted by Crippen LogP contribution is -3.12. The number of para-hydroxylation sites is 1. The first-order valence-corrected chi connectivity index (χ1v) is 9.82. The van der Waals surface area contributed by atoms with Gasteiger partial charge in [-0.05, 0) is 51.0 Å². The molecule has 0 bridgehead atoms. The molecule has 0 aromatic heterocycles. The van der Waals surface area contributed by atoms with Crippen molar-refractivity contribution in [3.63, 3.8) is 0 Å². The molecule has 0 fully saturated rings. The summed E-state index contributed by atoms with van der Waals surface area (Å²) in [6.45, 7) is 8.37. The van der Waals surface area contributed by atoms with Gasteiger partial charge in [-0.1, -0.05) is 29.8 Å². The van der Waals surface area contributed by atoms with Crippen molar-refractivity contribution in [2.75, 3.05) is 26.0 Å². The number of aryl methyl sites for hydroxylation is 3. The second kappa shape index (κ2) is 10.1. The molecule has 6 nitrogen and oxygen atoms in total. The normalized spacial score (nSPS) is 12.8. The zero-order chi connectivity index (χ0) is 21.6. The standard InChI is InChI=1S/C23H31N3O3/c1-15-10-11-20(29-6)19(12-15)14-26(5)18(4)23(28)24-13-21(27)25-22-16(2)8-7-9-17(22)3/h7-12,18H,13-14H2,1-6H3,(H,24,28)(H,25,27)/p+1/t18-/m1/s1. The van der Waals surface area contributed by atoms with E-state index in [-0.39, 0.29) is 24.4 Å². The highest BCUT2D eigenvalue weighted by atomic mass is 16.5. The molecular weight excluding hydrogens is 366 g/mol. The molecule has 2 aromatic rings. The van der Waals surface area contributed by atoms with E-state index in [0.29, 0.717) is 6.54 Å². The van der Waals surface area contributed by atoms with Crippen molar-refractivity contribution in [1.82, 2.24) is 5.32 Å². The maximum atomic E-state index is 12.5. The van der Waals surface area contributed by atoms with Gasteiger partial charge in [-0.15, -0.1) is 0 Å². The Balaban J connectivity index is 1.91. The predicted molar refractivity (Wildman–Crippen MR) is 115 cm³/mol.